The molecule has 74 valence electrons. The molecule has 0 atom stereocenters. The largest absolute Gasteiger partial charge is 0.545 e. The summed E-state index contributed by atoms with van der Waals surface area (Å²) in [5.74, 6) is -1.33. The van der Waals surface area contributed by atoms with Gasteiger partial charge < -0.3 is 15.6 Å². The molecule has 6 heteroatoms. The van der Waals surface area contributed by atoms with Crippen LogP contribution in [0.15, 0.2) is 24.3 Å². The van der Waals surface area contributed by atoms with E-state index in [4.69, 9.17) is 5.73 Å². The zero-order chi connectivity index (χ0) is 10.6. The van der Waals surface area contributed by atoms with Gasteiger partial charge in [0.2, 0.25) is 0 Å². The minimum atomic E-state index is -1.33. The van der Waals surface area contributed by atoms with Crippen LogP contribution >= 0.6 is 0 Å². The number of rotatable bonds is 3. The summed E-state index contributed by atoms with van der Waals surface area (Å²) < 4.78 is 0. The van der Waals surface area contributed by atoms with Gasteiger partial charge in [-0.1, -0.05) is 18.2 Å². The number of nitrogens with two attached hydrogens (primary N) is 1. The van der Waals surface area contributed by atoms with Gasteiger partial charge in [0.25, 0.3) is 0 Å². The molecule has 0 saturated heterocycles. The van der Waals surface area contributed by atoms with Gasteiger partial charge in [-0.05, 0) is 6.07 Å². The maximum absolute atomic E-state index is 10.6. The van der Waals surface area contributed by atoms with E-state index in [0.717, 1.165) is 0 Å². The van der Waals surface area contributed by atoms with Crippen LogP contribution in [0.25, 0.3) is 0 Å². The van der Waals surface area contributed by atoms with Gasteiger partial charge in [-0.15, -0.1) is 0 Å². The Morgan fingerprint density at radius 3 is 2.50 bits per heavy atom. The van der Waals surface area contributed by atoms with Crippen LogP contribution in [0, 0.1) is 0 Å². The van der Waals surface area contributed by atoms with Crippen molar-refractivity contribution >= 4 is 17.7 Å². The van der Waals surface area contributed by atoms with Crippen LogP contribution < -0.4 is 21.7 Å². The molecule has 0 aliphatic carbocycles. The first kappa shape index (κ1) is 9.85. The lowest BCUT2D eigenvalue weighted by atomic mass is 10.2. The summed E-state index contributed by atoms with van der Waals surface area (Å²) >= 11 is 0. The molecule has 0 aromatic heterocycles. The minimum absolute atomic E-state index is 0.0544. The number of para-hydroxylation sites is 1. The van der Waals surface area contributed by atoms with E-state index in [0.29, 0.717) is 0 Å². The number of carbonyl (C=O) groups excluding carboxylic acids is 2. The van der Waals surface area contributed by atoms with Crippen molar-refractivity contribution in [1.29, 1.82) is 0 Å². The molecule has 0 aliphatic rings. The van der Waals surface area contributed by atoms with Crippen molar-refractivity contribution in [2.75, 3.05) is 5.43 Å². The molecule has 0 saturated carbocycles. The van der Waals surface area contributed by atoms with E-state index in [1.807, 2.05) is 0 Å². The Bertz CT molecular complexity index is 365. The van der Waals surface area contributed by atoms with Crippen molar-refractivity contribution in [2.45, 2.75) is 0 Å². The SMILES string of the molecule is NC(=O)NNc1ccccc1C(=O)[O-]. The molecule has 1 aromatic rings. The summed E-state index contributed by atoms with van der Waals surface area (Å²) in [6, 6.07) is 5.16. The summed E-state index contributed by atoms with van der Waals surface area (Å²) in [5, 5.41) is 10.6. The van der Waals surface area contributed by atoms with E-state index in [2.05, 4.69) is 10.9 Å². The molecule has 4 N–H and O–H groups in total. The number of carboxylic acids is 1. The average molecular weight is 194 g/mol. The van der Waals surface area contributed by atoms with Crippen LogP contribution in [0.5, 0.6) is 0 Å². The maximum Gasteiger partial charge on any atom is 0.330 e. The lowest BCUT2D eigenvalue weighted by Gasteiger charge is -2.11. The Morgan fingerprint density at radius 2 is 1.93 bits per heavy atom. The molecule has 0 aliphatic heterocycles. The molecule has 0 radical (unpaired) electrons. The lowest BCUT2D eigenvalue weighted by Crippen LogP contribution is -2.35. The molecule has 0 unspecified atom stereocenters. The van der Waals surface area contributed by atoms with Gasteiger partial charge in [0.15, 0.2) is 0 Å². The Balaban J connectivity index is 2.84. The first-order valence-corrected chi connectivity index (χ1v) is 3.73. The number of nitrogens with one attached hydrogen (secondary N) is 2. The minimum Gasteiger partial charge on any atom is -0.545 e. The molecule has 6 nitrogen and oxygen atoms in total. The maximum atomic E-state index is 10.6. The third-order valence-corrected chi connectivity index (χ3v) is 1.47. The highest BCUT2D eigenvalue weighted by Crippen LogP contribution is 2.12. The highest BCUT2D eigenvalue weighted by atomic mass is 16.4. The molecular formula is C8H8N3O3-. The molecule has 14 heavy (non-hydrogen) atoms. The zero-order valence-electron chi connectivity index (χ0n) is 7.11. The average Bonchev–Trinajstić information content (AvgIpc) is 2.15. The highest BCUT2D eigenvalue weighted by molar-refractivity contribution is 5.93. The van der Waals surface area contributed by atoms with Crippen molar-refractivity contribution < 1.29 is 14.7 Å². The van der Waals surface area contributed by atoms with Gasteiger partial charge >= 0.3 is 6.03 Å². The van der Waals surface area contributed by atoms with Crippen molar-refractivity contribution in [1.82, 2.24) is 5.43 Å². The first-order chi connectivity index (χ1) is 6.61. The van der Waals surface area contributed by atoms with Gasteiger partial charge in [-0.2, -0.15) is 0 Å². The Morgan fingerprint density at radius 1 is 1.29 bits per heavy atom. The molecule has 0 bridgehead atoms. The quantitative estimate of drug-likeness (QED) is 0.539. The topological polar surface area (TPSA) is 107 Å². The molecular weight excluding hydrogens is 186 g/mol. The zero-order valence-corrected chi connectivity index (χ0v) is 7.11. The van der Waals surface area contributed by atoms with Crippen LogP contribution in [-0.4, -0.2) is 12.0 Å². The second-order valence-corrected chi connectivity index (χ2v) is 2.45. The van der Waals surface area contributed by atoms with Crippen molar-refractivity contribution in [3.05, 3.63) is 29.8 Å². The fourth-order valence-electron chi connectivity index (χ4n) is 0.899. The summed E-state index contributed by atoms with van der Waals surface area (Å²) in [4.78, 5) is 20.9. The lowest BCUT2D eigenvalue weighted by molar-refractivity contribution is -0.254. The second-order valence-electron chi connectivity index (χ2n) is 2.45. The summed E-state index contributed by atoms with van der Waals surface area (Å²) in [7, 11) is 0. The van der Waals surface area contributed by atoms with Crippen LogP contribution in [0.1, 0.15) is 10.4 Å². The molecule has 2 amide bonds. The Labute approximate surface area is 79.7 Å². The van der Waals surface area contributed by atoms with Crippen molar-refractivity contribution in [2.24, 2.45) is 5.73 Å². The number of carboxylic acid groups (broad SMARTS) is 1. The Hall–Kier alpha value is -2.24. The van der Waals surface area contributed by atoms with Crippen molar-refractivity contribution in [3.63, 3.8) is 0 Å². The van der Waals surface area contributed by atoms with Gasteiger partial charge in [0.1, 0.15) is 0 Å². The summed E-state index contributed by atoms with van der Waals surface area (Å²) in [5.41, 5.74) is 9.35. The van der Waals surface area contributed by atoms with E-state index in [1.165, 1.54) is 12.1 Å². The van der Waals surface area contributed by atoms with Gasteiger partial charge in [0.05, 0.1) is 11.7 Å². The number of hydrazine groups is 1. The fourth-order valence-corrected chi connectivity index (χ4v) is 0.899. The number of amides is 2. The smallest absolute Gasteiger partial charge is 0.330 e. The Kier molecular flexibility index (Phi) is 2.90. The number of hydrogen-bond acceptors (Lipinski definition) is 4. The van der Waals surface area contributed by atoms with E-state index in [9.17, 15) is 14.7 Å². The van der Waals surface area contributed by atoms with Crippen LogP contribution in [0.2, 0.25) is 0 Å². The first-order valence-electron chi connectivity index (χ1n) is 3.73. The number of urea groups is 1. The number of anilines is 1. The van der Waals surface area contributed by atoms with E-state index in [-0.39, 0.29) is 11.3 Å². The highest BCUT2D eigenvalue weighted by Gasteiger charge is 2.01. The molecule has 1 rings (SSSR count). The van der Waals surface area contributed by atoms with E-state index < -0.39 is 12.0 Å². The number of aromatic carboxylic acids is 1. The number of benzene rings is 1. The van der Waals surface area contributed by atoms with Gasteiger partial charge in [-0.25, -0.2) is 4.79 Å². The third-order valence-electron chi connectivity index (χ3n) is 1.47. The van der Waals surface area contributed by atoms with E-state index in [1.54, 1.807) is 12.1 Å². The van der Waals surface area contributed by atoms with Crippen LogP contribution in [0.4, 0.5) is 10.5 Å². The third kappa shape index (κ3) is 2.37. The van der Waals surface area contributed by atoms with Gasteiger partial charge in [0, 0.05) is 5.56 Å². The number of carbonyl (C=O) groups is 2. The fraction of sp³-hybridized carbons (Fsp3) is 0. The monoisotopic (exact) mass is 194 g/mol. The predicted octanol–water partition coefficient (Wildman–Crippen LogP) is -0.955. The van der Waals surface area contributed by atoms with Gasteiger partial charge in [-0.3, -0.25) is 10.9 Å². The van der Waals surface area contributed by atoms with E-state index >= 15 is 0 Å². The normalized spacial score (nSPS) is 9.14. The summed E-state index contributed by atoms with van der Waals surface area (Å²) in [6.45, 7) is 0. The standard InChI is InChI=1S/C8H9N3O3/c9-8(14)11-10-6-4-2-1-3-5(6)7(12)13/h1-4,10H,(H,12,13)(H3,9,11,14)/p-1. The molecule has 0 fully saturated rings. The number of primary amides is 1. The van der Waals surface area contributed by atoms with Crippen LogP contribution in [-0.2, 0) is 0 Å². The van der Waals surface area contributed by atoms with Crippen molar-refractivity contribution in [3.8, 4) is 0 Å². The molecule has 0 heterocycles. The molecule has 1 aromatic carbocycles. The second kappa shape index (κ2) is 4.13. The summed E-state index contributed by atoms with van der Waals surface area (Å²) in [6.07, 6.45) is 0. The predicted molar refractivity (Wildman–Crippen MR) is 47.1 cm³/mol. The number of hydrogen-bond donors (Lipinski definition) is 3. The molecule has 0 spiro atoms. The van der Waals surface area contributed by atoms with Crippen LogP contribution in [0.3, 0.4) is 0 Å².